The van der Waals surface area contributed by atoms with Crippen LogP contribution < -0.4 is 25.1 Å². The van der Waals surface area contributed by atoms with Crippen molar-refractivity contribution in [1.82, 2.24) is 9.88 Å². The zero-order chi connectivity index (χ0) is 24.2. The third-order valence-corrected chi connectivity index (χ3v) is 7.57. The maximum atomic E-state index is 12.7. The maximum absolute atomic E-state index is 12.7. The van der Waals surface area contributed by atoms with Gasteiger partial charge < -0.3 is 24.1 Å². The molecule has 0 saturated heterocycles. The fourth-order valence-corrected chi connectivity index (χ4v) is 5.54. The van der Waals surface area contributed by atoms with Gasteiger partial charge >= 0.3 is 0 Å². The van der Waals surface area contributed by atoms with E-state index in [1.165, 1.54) is 37.7 Å². The molecular formula is C29H36N2O4. The van der Waals surface area contributed by atoms with Crippen LogP contribution in [0.5, 0.6) is 17.2 Å². The Morgan fingerprint density at radius 2 is 1.80 bits per heavy atom. The summed E-state index contributed by atoms with van der Waals surface area (Å²) in [5, 5.41) is 4.83. The molecule has 1 fully saturated rings. The number of aryl methyl sites for hydroxylation is 2. The predicted molar refractivity (Wildman–Crippen MR) is 139 cm³/mol. The first kappa shape index (κ1) is 23.7. The lowest BCUT2D eigenvalue weighted by Crippen LogP contribution is -2.33. The molecule has 0 unspecified atom stereocenters. The number of nitrogens with one attached hydrogen (secondary N) is 1. The standard InChI is InChI=1S/C29H36N2O4/c1-20-16-29(32)31(26-11-10-24(33-2)18-25(20)26)13-3-4-21-5-8-23(9-6-21)30-19-22-7-12-27-28(17-22)35-15-14-34-27/h7,10-12,16-18,21,23,30H,3-6,8-9,13-15,19H2,1-2H3. The van der Waals surface area contributed by atoms with Crippen LogP contribution in [0, 0.1) is 12.8 Å². The van der Waals surface area contributed by atoms with E-state index in [0.29, 0.717) is 19.3 Å². The number of aromatic nitrogens is 1. The number of pyridine rings is 1. The Balaban J connectivity index is 1.10. The lowest BCUT2D eigenvalue weighted by atomic mass is 9.83. The Labute approximate surface area is 207 Å². The molecule has 5 rings (SSSR count). The minimum absolute atomic E-state index is 0.0900. The summed E-state index contributed by atoms with van der Waals surface area (Å²) in [6.07, 6.45) is 7.13. The van der Waals surface area contributed by atoms with E-state index in [9.17, 15) is 4.79 Å². The van der Waals surface area contributed by atoms with Gasteiger partial charge in [0.15, 0.2) is 11.5 Å². The number of ether oxygens (including phenoxy) is 3. The summed E-state index contributed by atoms with van der Waals surface area (Å²) in [4.78, 5) is 12.7. The van der Waals surface area contributed by atoms with Gasteiger partial charge in [-0.25, -0.2) is 0 Å². The van der Waals surface area contributed by atoms with E-state index in [-0.39, 0.29) is 5.56 Å². The average molecular weight is 477 g/mol. The fourth-order valence-electron chi connectivity index (χ4n) is 5.54. The summed E-state index contributed by atoms with van der Waals surface area (Å²) in [6, 6.07) is 14.5. The van der Waals surface area contributed by atoms with Crippen molar-refractivity contribution in [2.45, 2.75) is 64.6 Å². The van der Waals surface area contributed by atoms with Crippen molar-refractivity contribution in [3.05, 3.63) is 63.9 Å². The number of hydrogen-bond acceptors (Lipinski definition) is 5. The Morgan fingerprint density at radius 3 is 2.60 bits per heavy atom. The minimum Gasteiger partial charge on any atom is -0.497 e. The summed E-state index contributed by atoms with van der Waals surface area (Å²) in [7, 11) is 1.68. The molecule has 2 aromatic carbocycles. The van der Waals surface area contributed by atoms with Gasteiger partial charge in [0.05, 0.1) is 12.6 Å². The first-order valence-electron chi connectivity index (χ1n) is 12.9. The third kappa shape index (κ3) is 5.48. The van der Waals surface area contributed by atoms with Crippen LogP contribution in [0.15, 0.2) is 47.3 Å². The van der Waals surface area contributed by atoms with Crippen LogP contribution in [0.3, 0.4) is 0 Å². The van der Waals surface area contributed by atoms with Gasteiger partial charge in [-0.2, -0.15) is 0 Å². The zero-order valence-corrected chi connectivity index (χ0v) is 20.8. The SMILES string of the molecule is COc1ccc2c(c1)c(C)cc(=O)n2CCCC1CCC(NCc2ccc3c(c2)OCCO3)CC1. The average Bonchev–Trinajstić information content (AvgIpc) is 2.89. The van der Waals surface area contributed by atoms with E-state index in [0.717, 1.165) is 59.1 Å². The van der Waals surface area contributed by atoms with Crippen molar-refractivity contribution in [1.29, 1.82) is 0 Å². The second-order valence-corrected chi connectivity index (χ2v) is 9.92. The van der Waals surface area contributed by atoms with Crippen molar-refractivity contribution in [2.75, 3.05) is 20.3 Å². The maximum Gasteiger partial charge on any atom is 0.251 e. The van der Waals surface area contributed by atoms with Crippen LogP contribution >= 0.6 is 0 Å². The summed E-state index contributed by atoms with van der Waals surface area (Å²) in [6.45, 7) is 4.87. The van der Waals surface area contributed by atoms with Crippen molar-refractivity contribution >= 4 is 10.9 Å². The predicted octanol–water partition coefficient (Wildman–Crippen LogP) is 5.22. The lowest BCUT2D eigenvalue weighted by molar-refractivity contribution is 0.171. The van der Waals surface area contributed by atoms with Gasteiger partial charge in [-0.3, -0.25) is 4.79 Å². The summed E-state index contributed by atoms with van der Waals surface area (Å²) in [5.41, 5.74) is 3.34. The van der Waals surface area contributed by atoms with Crippen molar-refractivity contribution < 1.29 is 14.2 Å². The summed E-state index contributed by atoms with van der Waals surface area (Å²) >= 11 is 0. The van der Waals surface area contributed by atoms with E-state index < -0.39 is 0 Å². The highest BCUT2D eigenvalue weighted by Crippen LogP contribution is 2.32. The van der Waals surface area contributed by atoms with Gasteiger partial charge in [0.2, 0.25) is 0 Å². The van der Waals surface area contributed by atoms with Gasteiger partial charge in [-0.15, -0.1) is 0 Å². The Kier molecular flexibility index (Phi) is 7.28. The highest BCUT2D eigenvalue weighted by Gasteiger charge is 2.21. The molecule has 1 aliphatic heterocycles. The molecule has 2 heterocycles. The number of methoxy groups -OCH3 is 1. The molecule has 35 heavy (non-hydrogen) atoms. The number of benzene rings is 2. The van der Waals surface area contributed by atoms with Crippen molar-refractivity contribution in [3.63, 3.8) is 0 Å². The molecule has 186 valence electrons. The molecule has 0 atom stereocenters. The topological polar surface area (TPSA) is 61.7 Å². The number of fused-ring (bicyclic) bond motifs is 2. The summed E-state index contributed by atoms with van der Waals surface area (Å²) < 4.78 is 18.6. The Hall–Kier alpha value is -2.99. The molecule has 0 radical (unpaired) electrons. The monoisotopic (exact) mass is 476 g/mol. The number of rotatable bonds is 8. The molecule has 6 nitrogen and oxygen atoms in total. The molecular weight excluding hydrogens is 440 g/mol. The van der Waals surface area contributed by atoms with Crippen molar-refractivity contribution in [2.24, 2.45) is 5.92 Å². The Morgan fingerprint density at radius 1 is 1.00 bits per heavy atom. The van der Waals surface area contributed by atoms with Crippen molar-refractivity contribution in [3.8, 4) is 17.2 Å². The van der Waals surface area contributed by atoms with Crippen LogP contribution in [-0.4, -0.2) is 30.9 Å². The van der Waals surface area contributed by atoms with E-state index in [2.05, 4.69) is 17.4 Å². The molecule has 3 aromatic rings. The molecule has 1 N–H and O–H groups in total. The molecule has 0 amide bonds. The largest absolute Gasteiger partial charge is 0.497 e. The normalized spacial score (nSPS) is 19.6. The molecule has 1 aliphatic carbocycles. The molecule has 6 heteroatoms. The van der Waals surface area contributed by atoms with Crippen LogP contribution in [0.1, 0.15) is 49.7 Å². The molecule has 0 spiro atoms. The van der Waals surface area contributed by atoms with Gasteiger partial charge in [-0.1, -0.05) is 6.07 Å². The molecule has 0 bridgehead atoms. The van der Waals surface area contributed by atoms with Crippen LogP contribution in [0.25, 0.3) is 10.9 Å². The first-order valence-corrected chi connectivity index (χ1v) is 12.9. The van der Waals surface area contributed by atoms with E-state index in [4.69, 9.17) is 14.2 Å². The van der Waals surface area contributed by atoms with E-state index in [1.807, 2.05) is 35.8 Å². The smallest absolute Gasteiger partial charge is 0.251 e. The Bertz CT molecular complexity index is 1230. The van der Waals surface area contributed by atoms with Crippen LogP contribution in [0.2, 0.25) is 0 Å². The second kappa shape index (κ2) is 10.7. The summed E-state index contributed by atoms with van der Waals surface area (Å²) in [5.74, 6) is 3.28. The quantitative estimate of drug-likeness (QED) is 0.483. The lowest BCUT2D eigenvalue weighted by Gasteiger charge is -2.29. The van der Waals surface area contributed by atoms with Gasteiger partial charge in [0.25, 0.3) is 5.56 Å². The number of hydrogen-bond donors (Lipinski definition) is 1. The fraction of sp³-hybridized carbons (Fsp3) is 0.483. The van der Waals surface area contributed by atoms with Gasteiger partial charge in [0, 0.05) is 30.6 Å². The third-order valence-electron chi connectivity index (χ3n) is 7.57. The van der Waals surface area contributed by atoms with E-state index >= 15 is 0 Å². The highest BCUT2D eigenvalue weighted by atomic mass is 16.6. The molecule has 1 saturated carbocycles. The highest BCUT2D eigenvalue weighted by molar-refractivity contribution is 5.83. The minimum atomic E-state index is 0.0900. The second-order valence-electron chi connectivity index (χ2n) is 9.92. The van der Waals surface area contributed by atoms with Gasteiger partial charge in [-0.05, 0) is 92.8 Å². The van der Waals surface area contributed by atoms with Gasteiger partial charge in [0.1, 0.15) is 19.0 Å². The van der Waals surface area contributed by atoms with Crippen LogP contribution in [-0.2, 0) is 13.1 Å². The first-order chi connectivity index (χ1) is 17.1. The number of nitrogens with zero attached hydrogens (tertiary/aromatic N) is 1. The molecule has 1 aromatic heterocycles. The molecule has 2 aliphatic rings. The van der Waals surface area contributed by atoms with E-state index in [1.54, 1.807) is 13.2 Å². The zero-order valence-electron chi connectivity index (χ0n) is 20.8. The van der Waals surface area contributed by atoms with Crippen LogP contribution in [0.4, 0.5) is 0 Å².